The van der Waals surface area contributed by atoms with Gasteiger partial charge in [0.05, 0.1) is 15.7 Å². The maximum absolute atomic E-state index is 12.9. The zero-order valence-corrected chi connectivity index (χ0v) is 13.2. The van der Waals surface area contributed by atoms with Crippen LogP contribution in [0.25, 0.3) is 0 Å². The molecule has 2 aromatic rings. The van der Waals surface area contributed by atoms with Crippen LogP contribution in [0.3, 0.4) is 0 Å². The van der Waals surface area contributed by atoms with E-state index in [1.54, 1.807) is 24.3 Å². The second kappa shape index (κ2) is 6.12. The summed E-state index contributed by atoms with van der Waals surface area (Å²) in [5.74, 6) is -0.254. The zero-order chi connectivity index (χ0) is 14.0. The molecule has 1 atom stereocenters. The predicted molar refractivity (Wildman–Crippen MR) is 82.6 cm³/mol. The molecule has 0 amide bonds. The summed E-state index contributed by atoms with van der Waals surface area (Å²) < 4.78 is 13.7. The Bertz CT molecular complexity index is 563. The average Bonchev–Trinajstić information content (AvgIpc) is 2.34. The van der Waals surface area contributed by atoms with Gasteiger partial charge in [-0.3, -0.25) is 0 Å². The first-order valence-electron chi connectivity index (χ1n) is 5.64. The van der Waals surface area contributed by atoms with Crippen LogP contribution in [0.5, 0.6) is 0 Å². The SMILES string of the molecule is CC(Nc1c(Cl)cc(Br)cc1Cl)c1ccc(F)cc1. The van der Waals surface area contributed by atoms with Gasteiger partial charge in [0.2, 0.25) is 0 Å². The average molecular weight is 363 g/mol. The predicted octanol–water partition coefficient (Wildman–Crippen LogP) is 6.07. The van der Waals surface area contributed by atoms with Crippen LogP contribution >= 0.6 is 39.1 Å². The van der Waals surface area contributed by atoms with Gasteiger partial charge < -0.3 is 5.32 Å². The molecule has 19 heavy (non-hydrogen) atoms. The highest BCUT2D eigenvalue weighted by molar-refractivity contribution is 9.10. The van der Waals surface area contributed by atoms with Crippen molar-refractivity contribution in [3.63, 3.8) is 0 Å². The van der Waals surface area contributed by atoms with Crippen LogP contribution < -0.4 is 5.32 Å². The summed E-state index contributed by atoms with van der Waals surface area (Å²) >= 11 is 15.6. The van der Waals surface area contributed by atoms with Crippen molar-refractivity contribution in [1.29, 1.82) is 0 Å². The lowest BCUT2D eigenvalue weighted by molar-refractivity contribution is 0.626. The van der Waals surface area contributed by atoms with Crippen LogP contribution in [-0.4, -0.2) is 0 Å². The van der Waals surface area contributed by atoms with Gasteiger partial charge in [-0.15, -0.1) is 0 Å². The second-order valence-electron chi connectivity index (χ2n) is 4.16. The number of nitrogens with one attached hydrogen (secondary N) is 1. The number of hydrogen-bond acceptors (Lipinski definition) is 1. The smallest absolute Gasteiger partial charge is 0.123 e. The van der Waals surface area contributed by atoms with Crippen molar-refractivity contribution in [1.82, 2.24) is 0 Å². The van der Waals surface area contributed by atoms with Crippen LogP contribution in [-0.2, 0) is 0 Å². The second-order valence-corrected chi connectivity index (χ2v) is 5.89. The first-order chi connectivity index (χ1) is 8.97. The number of anilines is 1. The Labute approximate surface area is 129 Å². The number of benzene rings is 2. The molecule has 0 saturated carbocycles. The van der Waals surface area contributed by atoms with Crippen molar-refractivity contribution in [2.75, 3.05) is 5.32 Å². The van der Waals surface area contributed by atoms with E-state index in [9.17, 15) is 4.39 Å². The molecule has 0 saturated heterocycles. The first-order valence-corrected chi connectivity index (χ1v) is 7.19. The fourth-order valence-electron chi connectivity index (χ4n) is 1.73. The van der Waals surface area contributed by atoms with Crippen LogP contribution in [0.15, 0.2) is 40.9 Å². The maximum atomic E-state index is 12.9. The summed E-state index contributed by atoms with van der Waals surface area (Å²) in [6, 6.07) is 9.83. The van der Waals surface area contributed by atoms with E-state index in [0.29, 0.717) is 15.7 Å². The lowest BCUT2D eigenvalue weighted by Gasteiger charge is -2.18. The number of halogens is 4. The van der Waals surface area contributed by atoms with E-state index in [1.165, 1.54) is 12.1 Å². The molecule has 0 radical (unpaired) electrons. The fraction of sp³-hybridized carbons (Fsp3) is 0.143. The molecule has 2 aromatic carbocycles. The van der Waals surface area contributed by atoms with Gasteiger partial charge in [-0.05, 0) is 36.8 Å². The Hall–Kier alpha value is -0.770. The van der Waals surface area contributed by atoms with Crippen molar-refractivity contribution in [3.8, 4) is 0 Å². The van der Waals surface area contributed by atoms with Gasteiger partial charge in [0.25, 0.3) is 0 Å². The minimum atomic E-state index is -0.254. The minimum Gasteiger partial charge on any atom is -0.376 e. The minimum absolute atomic E-state index is 0.0308. The third-order valence-corrected chi connectivity index (χ3v) is 3.79. The van der Waals surface area contributed by atoms with E-state index < -0.39 is 0 Å². The molecule has 100 valence electrons. The molecule has 0 heterocycles. The Morgan fingerprint density at radius 1 is 1.11 bits per heavy atom. The lowest BCUT2D eigenvalue weighted by atomic mass is 10.1. The Kier molecular flexibility index (Phi) is 4.71. The number of hydrogen-bond donors (Lipinski definition) is 1. The Morgan fingerprint density at radius 2 is 1.63 bits per heavy atom. The third kappa shape index (κ3) is 3.62. The number of rotatable bonds is 3. The van der Waals surface area contributed by atoms with Crippen LogP contribution in [0, 0.1) is 5.82 Å². The highest BCUT2D eigenvalue weighted by Gasteiger charge is 2.12. The molecule has 2 rings (SSSR count). The van der Waals surface area contributed by atoms with Crippen molar-refractivity contribution in [2.45, 2.75) is 13.0 Å². The molecular weight excluding hydrogens is 352 g/mol. The van der Waals surface area contributed by atoms with Gasteiger partial charge in [0, 0.05) is 10.5 Å². The van der Waals surface area contributed by atoms with Crippen LogP contribution in [0.4, 0.5) is 10.1 Å². The van der Waals surface area contributed by atoms with Crippen molar-refractivity contribution in [3.05, 3.63) is 62.3 Å². The van der Waals surface area contributed by atoms with Gasteiger partial charge in [-0.2, -0.15) is 0 Å². The summed E-state index contributed by atoms with van der Waals surface area (Å²) in [5.41, 5.74) is 1.62. The molecule has 0 aliphatic rings. The summed E-state index contributed by atoms with van der Waals surface area (Å²) in [6.07, 6.45) is 0. The van der Waals surface area contributed by atoms with E-state index in [0.717, 1.165) is 10.0 Å². The summed E-state index contributed by atoms with van der Waals surface area (Å²) in [6.45, 7) is 1.96. The van der Waals surface area contributed by atoms with Crippen molar-refractivity contribution < 1.29 is 4.39 Å². The first kappa shape index (κ1) is 14.6. The molecule has 0 fully saturated rings. The van der Waals surface area contributed by atoms with Crippen molar-refractivity contribution >= 4 is 44.8 Å². The van der Waals surface area contributed by atoms with E-state index >= 15 is 0 Å². The van der Waals surface area contributed by atoms with Gasteiger partial charge in [0.15, 0.2) is 0 Å². The molecule has 1 nitrogen and oxygen atoms in total. The van der Waals surface area contributed by atoms with Gasteiger partial charge in [-0.1, -0.05) is 51.3 Å². The monoisotopic (exact) mass is 361 g/mol. The largest absolute Gasteiger partial charge is 0.376 e. The summed E-state index contributed by atoms with van der Waals surface area (Å²) in [4.78, 5) is 0. The Morgan fingerprint density at radius 3 is 2.16 bits per heavy atom. The molecule has 1 N–H and O–H groups in total. The standard InChI is InChI=1S/C14H11BrCl2FN/c1-8(9-2-4-11(18)5-3-9)19-14-12(16)6-10(15)7-13(14)17/h2-8,19H,1H3. The fourth-order valence-corrected chi connectivity index (χ4v) is 3.05. The van der Waals surface area contributed by atoms with E-state index in [-0.39, 0.29) is 11.9 Å². The lowest BCUT2D eigenvalue weighted by Crippen LogP contribution is -2.07. The van der Waals surface area contributed by atoms with E-state index in [1.807, 2.05) is 6.92 Å². The topological polar surface area (TPSA) is 12.0 Å². The van der Waals surface area contributed by atoms with Gasteiger partial charge >= 0.3 is 0 Å². The summed E-state index contributed by atoms with van der Waals surface area (Å²) in [7, 11) is 0. The van der Waals surface area contributed by atoms with E-state index in [2.05, 4.69) is 21.2 Å². The van der Waals surface area contributed by atoms with E-state index in [4.69, 9.17) is 23.2 Å². The zero-order valence-electron chi connectivity index (χ0n) is 10.1. The molecule has 5 heteroatoms. The van der Waals surface area contributed by atoms with Gasteiger partial charge in [0.1, 0.15) is 5.82 Å². The quantitative estimate of drug-likeness (QED) is 0.698. The van der Waals surface area contributed by atoms with Crippen molar-refractivity contribution in [2.24, 2.45) is 0 Å². The Balaban J connectivity index is 2.24. The molecular formula is C14H11BrCl2FN. The van der Waals surface area contributed by atoms with Gasteiger partial charge in [-0.25, -0.2) is 4.39 Å². The third-order valence-electron chi connectivity index (χ3n) is 2.74. The molecule has 0 aliphatic heterocycles. The molecule has 0 bridgehead atoms. The molecule has 0 spiro atoms. The summed E-state index contributed by atoms with van der Waals surface area (Å²) in [5, 5.41) is 4.31. The highest BCUT2D eigenvalue weighted by Crippen LogP contribution is 2.35. The molecule has 0 aromatic heterocycles. The van der Waals surface area contributed by atoms with Crippen LogP contribution in [0.1, 0.15) is 18.5 Å². The maximum Gasteiger partial charge on any atom is 0.123 e. The normalized spacial score (nSPS) is 12.3. The highest BCUT2D eigenvalue weighted by atomic mass is 79.9. The van der Waals surface area contributed by atoms with Crippen LogP contribution in [0.2, 0.25) is 10.0 Å². The molecule has 1 unspecified atom stereocenters. The molecule has 0 aliphatic carbocycles.